The molecule has 278 valence electrons. The Morgan fingerprint density at radius 1 is 0.333 bits per heavy atom. The van der Waals surface area contributed by atoms with Gasteiger partial charge in [-0.1, -0.05) is 187 Å². The lowest BCUT2D eigenvalue weighted by atomic mass is 9.83. The van der Waals surface area contributed by atoms with Gasteiger partial charge in [-0.05, 0) is 56.3 Å². The predicted octanol–water partition coefficient (Wildman–Crippen LogP) is 15.0. The number of aromatic nitrogens is 2. The Bertz CT molecular complexity index is 2670. The number of benzene rings is 6. The molecule has 3 heterocycles. The van der Waals surface area contributed by atoms with Crippen molar-refractivity contribution in [2.45, 2.75) is 52.4 Å². The number of nitrogens with zero attached hydrogens (tertiary/aromatic N) is 2. The third-order valence-corrected chi connectivity index (χ3v) is 11.1. The van der Waals surface area contributed by atoms with E-state index in [4.69, 9.17) is 14.4 Å². The molecule has 3 heteroatoms. The van der Waals surface area contributed by atoms with Crippen molar-refractivity contribution in [1.82, 2.24) is 9.97 Å². The van der Waals surface area contributed by atoms with Crippen molar-refractivity contribution in [1.29, 1.82) is 0 Å². The topological polar surface area (TPSA) is 38.9 Å². The average Bonchev–Trinajstić information content (AvgIpc) is 3.63. The summed E-state index contributed by atoms with van der Waals surface area (Å²) in [7, 11) is 0. The lowest BCUT2D eigenvalue weighted by Crippen LogP contribution is -2.12. The number of hydrogen-bond acceptors (Lipinski definition) is 3. The Balaban J connectivity index is 0.985. The normalized spacial score (nSPS) is 12.0. The van der Waals surface area contributed by atoms with Gasteiger partial charge in [0, 0.05) is 56.5 Å². The molecular weight excluding hydrogens is 693 g/mol. The molecule has 9 rings (SSSR count). The van der Waals surface area contributed by atoms with E-state index < -0.39 is 0 Å². The van der Waals surface area contributed by atoms with Crippen LogP contribution < -0.4 is 0 Å². The smallest absolute Gasteiger partial charge is 0.143 e. The molecule has 3 aromatic heterocycles. The maximum atomic E-state index is 6.81. The summed E-state index contributed by atoms with van der Waals surface area (Å²) < 4.78 is 6.81. The highest BCUT2D eigenvalue weighted by Gasteiger charge is 2.21. The second-order valence-corrected chi connectivity index (χ2v) is 17.1. The van der Waals surface area contributed by atoms with Crippen molar-refractivity contribution < 1.29 is 4.42 Å². The first-order chi connectivity index (χ1) is 27.5. The maximum Gasteiger partial charge on any atom is 0.143 e. The summed E-state index contributed by atoms with van der Waals surface area (Å²) >= 11 is 0. The highest BCUT2D eigenvalue weighted by Crippen LogP contribution is 2.41. The molecule has 0 saturated heterocycles. The van der Waals surface area contributed by atoms with Crippen LogP contribution in [0.1, 0.15) is 52.7 Å². The van der Waals surface area contributed by atoms with Gasteiger partial charge in [0.2, 0.25) is 0 Å². The third-order valence-electron chi connectivity index (χ3n) is 11.1. The molecule has 0 saturated carbocycles. The highest BCUT2D eigenvalue weighted by molar-refractivity contribution is 6.13. The van der Waals surface area contributed by atoms with Gasteiger partial charge in [0.15, 0.2) is 0 Å². The maximum absolute atomic E-state index is 6.81. The van der Waals surface area contributed by atoms with Crippen LogP contribution in [-0.4, -0.2) is 9.97 Å². The second-order valence-electron chi connectivity index (χ2n) is 17.1. The highest BCUT2D eigenvalue weighted by atomic mass is 16.3. The number of fused-ring (bicyclic) bond motifs is 3. The van der Waals surface area contributed by atoms with E-state index in [1.54, 1.807) is 0 Å². The van der Waals surface area contributed by atoms with Crippen molar-refractivity contribution in [2.75, 3.05) is 0 Å². The molecule has 0 radical (unpaired) electrons. The van der Waals surface area contributed by atoms with Gasteiger partial charge in [-0.15, -0.1) is 0 Å². The van der Waals surface area contributed by atoms with Crippen LogP contribution in [0.3, 0.4) is 0 Å². The summed E-state index contributed by atoms with van der Waals surface area (Å²) in [6, 6.07) is 56.1. The van der Waals surface area contributed by atoms with E-state index in [1.807, 2.05) is 12.4 Å². The van der Waals surface area contributed by atoms with Crippen molar-refractivity contribution in [3.05, 3.63) is 181 Å². The first kappa shape index (κ1) is 36.1. The zero-order valence-electron chi connectivity index (χ0n) is 33.5. The van der Waals surface area contributed by atoms with Crippen LogP contribution in [0.25, 0.3) is 89.0 Å². The number of para-hydroxylation sites is 2. The van der Waals surface area contributed by atoms with E-state index in [9.17, 15) is 0 Å². The first-order valence-corrected chi connectivity index (χ1v) is 19.8. The van der Waals surface area contributed by atoms with Crippen LogP contribution in [0.2, 0.25) is 0 Å². The van der Waals surface area contributed by atoms with Crippen molar-refractivity contribution in [3.8, 4) is 67.0 Å². The Morgan fingerprint density at radius 3 is 1.05 bits per heavy atom. The standard InChI is InChI=1S/C54H46N2O/c1-53(2,3)47-19-9-7-13-45(47)49-31-29-39(33-55-49)35-21-25-37(26-22-35)41-15-11-17-43-44-18-12-16-42(52(44)57-51(41)43)38-27-23-36(24-28-38)40-30-32-50(56-34-40)46-14-8-10-20-48(46)54(4,5)6/h7-34H,1-6H3. The van der Waals surface area contributed by atoms with E-state index in [-0.39, 0.29) is 10.8 Å². The van der Waals surface area contributed by atoms with Crippen LogP contribution in [0.4, 0.5) is 0 Å². The van der Waals surface area contributed by atoms with Gasteiger partial charge in [0.1, 0.15) is 11.2 Å². The van der Waals surface area contributed by atoms with Crippen LogP contribution in [0.15, 0.2) is 175 Å². The molecule has 0 bridgehead atoms. The minimum atomic E-state index is 0.0372. The Labute approximate surface area is 335 Å². The number of rotatable bonds is 6. The second kappa shape index (κ2) is 14.2. The molecule has 0 fully saturated rings. The van der Waals surface area contributed by atoms with Gasteiger partial charge in [-0.2, -0.15) is 0 Å². The van der Waals surface area contributed by atoms with Gasteiger partial charge in [0.25, 0.3) is 0 Å². The molecular formula is C54H46N2O. The summed E-state index contributed by atoms with van der Waals surface area (Å²) in [5, 5.41) is 2.22. The molecule has 57 heavy (non-hydrogen) atoms. The van der Waals surface area contributed by atoms with Gasteiger partial charge in [-0.3, -0.25) is 9.97 Å². The lowest BCUT2D eigenvalue weighted by Gasteiger charge is -2.22. The molecule has 0 aliphatic carbocycles. The Kier molecular flexibility index (Phi) is 8.97. The van der Waals surface area contributed by atoms with Crippen LogP contribution in [-0.2, 0) is 10.8 Å². The summed E-state index contributed by atoms with van der Waals surface area (Å²) in [4.78, 5) is 9.81. The molecule has 3 nitrogen and oxygen atoms in total. The minimum absolute atomic E-state index is 0.0372. The molecule has 9 aromatic rings. The van der Waals surface area contributed by atoms with E-state index in [0.717, 1.165) is 77.8 Å². The fourth-order valence-corrected chi connectivity index (χ4v) is 8.13. The fourth-order valence-electron chi connectivity index (χ4n) is 8.13. The van der Waals surface area contributed by atoms with E-state index in [1.165, 1.54) is 22.3 Å². The van der Waals surface area contributed by atoms with E-state index in [2.05, 4.69) is 199 Å². The Morgan fingerprint density at radius 2 is 0.684 bits per heavy atom. The molecule has 0 amide bonds. The van der Waals surface area contributed by atoms with Gasteiger partial charge < -0.3 is 4.42 Å². The number of furan rings is 1. The fraction of sp³-hybridized carbons (Fsp3) is 0.148. The van der Waals surface area contributed by atoms with Crippen molar-refractivity contribution in [3.63, 3.8) is 0 Å². The minimum Gasteiger partial charge on any atom is -0.455 e. The monoisotopic (exact) mass is 738 g/mol. The first-order valence-electron chi connectivity index (χ1n) is 19.8. The van der Waals surface area contributed by atoms with E-state index in [0.29, 0.717) is 0 Å². The zero-order chi connectivity index (χ0) is 39.3. The summed E-state index contributed by atoms with van der Waals surface area (Å²) in [6.07, 6.45) is 3.97. The summed E-state index contributed by atoms with van der Waals surface area (Å²) in [6.45, 7) is 13.5. The third kappa shape index (κ3) is 6.84. The van der Waals surface area contributed by atoms with Gasteiger partial charge >= 0.3 is 0 Å². The zero-order valence-corrected chi connectivity index (χ0v) is 33.5. The quantitative estimate of drug-likeness (QED) is 0.170. The predicted molar refractivity (Wildman–Crippen MR) is 239 cm³/mol. The Hall–Kier alpha value is -6.58. The van der Waals surface area contributed by atoms with Crippen molar-refractivity contribution in [2.24, 2.45) is 0 Å². The van der Waals surface area contributed by atoms with Gasteiger partial charge in [0.05, 0.1) is 11.4 Å². The SMILES string of the molecule is CC(C)(C)c1ccccc1-c1ccc(-c2ccc(-c3cccc4c3oc3c(-c5ccc(-c6ccc(-c7ccccc7C(C)(C)C)nc6)cc5)cccc34)cc2)cn1. The number of pyridine rings is 2. The molecule has 0 aliphatic heterocycles. The lowest BCUT2D eigenvalue weighted by molar-refractivity contribution is 0.591. The largest absolute Gasteiger partial charge is 0.455 e. The number of hydrogen-bond donors (Lipinski definition) is 0. The van der Waals surface area contributed by atoms with Crippen LogP contribution >= 0.6 is 0 Å². The molecule has 0 aliphatic rings. The van der Waals surface area contributed by atoms with Crippen LogP contribution in [0.5, 0.6) is 0 Å². The summed E-state index contributed by atoms with van der Waals surface area (Å²) in [5.41, 5.74) is 17.6. The molecule has 0 atom stereocenters. The van der Waals surface area contributed by atoms with Gasteiger partial charge in [-0.25, -0.2) is 0 Å². The van der Waals surface area contributed by atoms with E-state index >= 15 is 0 Å². The molecule has 0 unspecified atom stereocenters. The summed E-state index contributed by atoms with van der Waals surface area (Å²) in [5.74, 6) is 0. The molecule has 0 N–H and O–H groups in total. The average molecular weight is 739 g/mol. The van der Waals surface area contributed by atoms with Crippen LogP contribution in [0, 0.1) is 0 Å². The van der Waals surface area contributed by atoms with Crippen molar-refractivity contribution >= 4 is 21.9 Å². The molecule has 6 aromatic carbocycles. The molecule has 0 spiro atoms.